The van der Waals surface area contributed by atoms with Crippen LogP contribution in [0.15, 0.2) is 54.2 Å². The highest BCUT2D eigenvalue weighted by molar-refractivity contribution is 7.09. The highest BCUT2D eigenvalue weighted by atomic mass is 32.1. The van der Waals surface area contributed by atoms with Crippen LogP contribution in [0, 0.1) is 0 Å². The van der Waals surface area contributed by atoms with Crippen molar-refractivity contribution in [3.05, 3.63) is 70.2 Å². The smallest absolute Gasteiger partial charge is 0.258 e. The molecule has 0 N–H and O–H groups in total. The summed E-state index contributed by atoms with van der Waals surface area (Å²) in [5.41, 5.74) is 1.40. The van der Waals surface area contributed by atoms with Gasteiger partial charge in [0.25, 0.3) is 5.91 Å². The monoisotopic (exact) mass is 412 g/mol. The maximum atomic E-state index is 13.5. The van der Waals surface area contributed by atoms with Crippen LogP contribution >= 0.6 is 11.3 Å². The van der Waals surface area contributed by atoms with Crippen molar-refractivity contribution in [1.82, 2.24) is 9.88 Å². The minimum atomic E-state index is -0.136. The second-order valence-electron chi connectivity index (χ2n) is 6.30. The van der Waals surface area contributed by atoms with Crippen LogP contribution in [0.5, 0.6) is 17.2 Å². The molecule has 0 saturated heterocycles. The summed E-state index contributed by atoms with van der Waals surface area (Å²) in [6.07, 6.45) is 4.27. The predicted molar refractivity (Wildman–Crippen MR) is 113 cm³/mol. The van der Waals surface area contributed by atoms with E-state index in [-0.39, 0.29) is 5.91 Å². The van der Waals surface area contributed by atoms with Gasteiger partial charge in [0.15, 0.2) is 11.5 Å². The number of nitrogens with zero attached hydrogens (tertiary/aromatic N) is 2. The quantitative estimate of drug-likeness (QED) is 0.531. The van der Waals surface area contributed by atoms with Gasteiger partial charge >= 0.3 is 0 Å². The lowest BCUT2D eigenvalue weighted by Gasteiger charge is -2.24. The van der Waals surface area contributed by atoms with Crippen LogP contribution in [0.4, 0.5) is 0 Å². The first-order chi connectivity index (χ1) is 14.2. The van der Waals surface area contributed by atoms with E-state index in [1.807, 2.05) is 23.6 Å². The zero-order chi connectivity index (χ0) is 20.6. The molecule has 0 bridgehead atoms. The summed E-state index contributed by atoms with van der Waals surface area (Å²) in [7, 11) is 4.60. The number of pyridine rings is 1. The molecule has 7 heteroatoms. The molecule has 0 atom stereocenters. The van der Waals surface area contributed by atoms with E-state index >= 15 is 0 Å². The average Bonchev–Trinajstić information content (AvgIpc) is 3.29. The Labute approximate surface area is 174 Å². The van der Waals surface area contributed by atoms with Crippen molar-refractivity contribution in [3.8, 4) is 17.2 Å². The van der Waals surface area contributed by atoms with Crippen molar-refractivity contribution in [2.24, 2.45) is 0 Å². The Hall–Kier alpha value is -3.06. The summed E-state index contributed by atoms with van der Waals surface area (Å²) in [6.45, 7) is 1.03. The van der Waals surface area contributed by atoms with Crippen molar-refractivity contribution in [1.29, 1.82) is 0 Å². The molecule has 0 spiro atoms. The van der Waals surface area contributed by atoms with E-state index in [1.54, 1.807) is 47.9 Å². The van der Waals surface area contributed by atoms with Gasteiger partial charge in [0, 0.05) is 30.4 Å². The van der Waals surface area contributed by atoms with E-state index in [0.717, 1.165) is 12.0 Å². The van der Waals surface area contributed by atoms with Crippen LogP contribution in [-0.2, 0) is 13.0 Å². The van der Waals surface area contributed by atoms with E-state index < -0.39 is 0 Å². The molecule has 6 nitrogen and oxygen atoms in total. The van der Waals surface area contributed by atoms with E-state index in [1.165, 1.54) is 19.1 Å². The average molecular weight is 413 g/mol. The van der Waals surface area contributed by atoms with Crippen LogP contribution in [-0.4, -0.2) is 43.7 Å². The molecule has 0 saturated carbocycles. The van der Waals surface area contributed by atoms with E-state index in [2.05, 4.69) is 11.1 Å². The summed E-state index contributed by atoms with van der Waals surface area (Å²) in [5.74, 6) is 1.14. The Kier molecular flexibility index (Phi) is 7.08. The van der Waals surface area contributed by atoms with Crippen LogP contribution < -0.4 is 14.2 Å². The lowest BCUT2D eigenvalue weighted by atomic mass is 10.1. The first kappa shape index (κ1) is 20.7. The number of rotatable bonds is 9. The van der Waals surface area contributed by atoms with Gasteiger partial charge in [0.05, 0.1) is 26.9 Å². The standard InChI is InChI=1S/C22H24N2O4S/c1-26-19-9-8-18(20(27-2)21(19)28-3)22(25)24(12-10-17-7-5-13-29-17)15-16-6-4-11-23-14-16/h4-9,11,13-14H,10,12,15H2,1-3H3. The Morgan fingerprint density at radius 1 is 1.03 bits per heavy atom. The molecular formula is C22H24N2O4S. The molecule has 0 aliphatic heterocycles. The molecular weight excluding hydrogens is 388 g/mol. The highest BCUT2D eigenvalue weighted by Crippen LogP contribution is 2.40. The maximum absolute atomic E-state index is 13.5. The highest BCUT2D eigenvalue weighted by Gasteiger charge is 2.25. The molecule has 0 aliphatic carbocycles. The SMILES string of the molecule is COc1ccc(C(=O)N(CCc2cccs2)Cc2cccnc2)c(OC)c1OC. The number of hydrogen-bond acceptors (Lipinski definition) is 6. The first-order valence-corrected chi connectivity index (χ1v) is 10.1. The molecule has 152 valence electrons. The molecule has 0 fully saturated rings. The molecule has 0 unspecified atom stereocenters. The number of methoxy groups -OCH3 is 3. The van der Waals surface area contributed by atoms with Crippen molar-refractivity contribution in [2.45, 2.75) is 13.0 Å². The third kappa shape index (κ3) is 4.86. The fourth-order valence-corrected chi connectivity index (χ4v) is 3.80. The summed E-state index contributed by atoms with van der Waals surface area (Å²) in [5, 5.41) is 2.04. The molecule has 3 aromatic rings. The Balaban J connectivity index is 1.92. The van der Waals surface area contributed by atoms with Gasteiger partial charge in [-0.1, -0.05) is 12.1 Å². The van der Waals surface area contributed by atoms with Crippen LogP contribution in [0.2, 0.25) is 0 Å². The van der Waals surface area contributed by atoms with Crippen molar-refractivity contribution in [3.63, 3.8) is 0 Å². The van der Waals surface area contributed by atoms with Gasteiger partial charge in [0.2, 0.25) is 5.75 Å². The van der Waals surface area contributed by atoms with Crippen LogP contribution in [0.25, 0.3) is 0 Å². The van der Waals surface area contributed by atoms with Gasteiger partial charge in [-0.2, -0.15) is 0 Å². The van der Waals surface area contributed by atoms with Gasteiger partial charge in [-0.3, -0.25) is 9.78 Å². The maximum Gasteiger partial charge on any atom is 0.258 e. The molecule has 0 aliphatic rings. The Morgan fingerprint density at radius 2 is 1.86 bits per heavy atom. The predicted octanol–water partition coefficient (Wildman–Crippen LogP) is 4.05. The van der Waals surface area contributed by atoms with E-state index in [0.29, 0.717) is 35.9 Å². The van der Waals surface area contributed by atoms with Gasteiger partial charge in [-0.15, -0.1) is 11.3 Å². The van der Waals surface area contributed by atoms with Gasteiger partial charge < -0.3 is 19.1 Å². The number of amides is 1. The summed E-state index contributed by atoms with van der Waals surface area (Å²) >= 11 is 1.69. The number of ether oxygens (including phenoxy) is 3. The van der Waals surface area contributed by atoms with Crippen LogP contribution in [0.3, 0.4) is 0 Å². The fourth-order valence-electron chi connectivity index (χ4n) is 3.10. The molecule has 2 heterocycles. The zero-order valence-corrected chi connectivity index (χ0v) is 17.6. The normalized spacial score (nSPS) is 10.4. The molecule has 0 radical (unpaired) electrons. The Morgan fingerprint density at radius 3 is 2.48 bits per heavy atom. The minimum Gasteiger partial charge on any atom is -0.493 e. The summed E-state index contributed by atoms with van der Waals surface area (Å²) in [6, 6.07) is 11.4. The van der Waals surface area contributed by atoms with Gasteiger partial charge in [0.1, 0.15) is 0 Å². The topological polar surface area (TPSA) is 60.9 Å². The molecule has 1 aromatic carbocycles. The first-order valence-electron chi connectivity index (χ1n) is 9.17. The number of aromatic nitrogens is 1. The second kappa shape index (κ2) is 9.93. The van der Waals surface area contributed by atoms with Crippen LogP contribution in [0.1, 0.15) is 20.8 Å². The van der Waals surface area contributed by atoms with Crippen molar-refractivity contribution < 1.29 is 19.0 Å². The summed E-state index contributed by atoms with van der Waals surface area (Å²) in [4.78, 5) is 20.7. The number of thiophene rings is 1. The van der Waals surface area contributed by atoms with Gasteiger partial charge in [-0.05, 0) is 41.6 Å². The van der Waals surface area contributed by atoms with Gasteiger partial charge in [-0.25, -0.2) is 0 Å². The molecule has 3 rings (SSSR count). The second-order valence-corrected chi connectivity index (χ2v) is 7.33. The Bertz CT molecular complexity index is 929. The summed E-state index contributed by atoms with van der Waals surface area (Å²) < 4.78 is 16.3. The largest absolute Gasteiger partial charge is 0.493 e. The molecule has 1 amide bonds. The van der Waals surface area contributed by atoms with E-state index in [9.17, 15) is 4.79 Å². The number of carbonyl (C=O) groups is 1. The molecule has 2 aromatic heterocycles. The number of hydrogen-bond donors (Lipinski definition) is 0. The van der Waals surface area contributed by atoms with Crippen molar-refractivity contribution >= 4 is 17.2 Å². The molecule has 29 heavy (non-hydrogen) atoms. The number of benzene rings is 1. The third-order valence-electron chi connectivity index (χ3n) is 4.53. The third-order valence-corrected chi connectivity index (χ3v) is 5.46. The number of carbonyl (C=O) groups excluding carboxylic acids is 1. The lowest BCUT2D eigenvalue weighted by molar-refractivity contribution is 0.0741. The lowest BCUT2D eigenvalue weighted by Crippen LogP contribution is -2.32. The fraction of sp³-hybridized carbons (Fsp3) is 0.273. The van der Waals surface area contributed by atoms with Crippen molar-refractivity contribution in [2.75, 3.05) is 27.9 Å². The zero-order valence-electron chi connectivity index (χ0n) is 16.8. The van der Waals surface area contributed by atoms with E-state index in [4.69, 9.17) is 14.2 Å². The minimum absolute atomic E-state index is 0.136.